The second-order valence-corrected chi connectivity index (χ2v) is 6.34. The highest BCUT2D eigenvalue weighted by Gasteiger charge is 2.32. The summed E-state index contributed by atoms with van der Waals surface area (Å²) in [7, 11) is 1.70. The summed E-state index contributed by atoms with van der Waals surface area (Å²) in [5.41, 5.74) is 5.63. The van der Waals surface area contributed by atoms with Crippen LogP contribution in [0.1, 0.15) is 26.1 Å². The highest BCUT2D eigenvalue weighted by Crippen LogP contribution is 2.22. The van der Waals surface area contributed by atoms with Gasteiger partial charge in [-0.05, 0) is 24.8 Å². The molecule has 21 heavy (non-hydrogen) atoms. The first-order valence-electron chi connectivity index (χ1n) is 6.83. The molecule has 2 aromatic rings. The van der Waals surface area contributed by atoms with Crippen LogP contribution in [-0.2, 0) is 11.3 Å². The van der Waals surface area contributed by atoms with Gasteiger partial charge in [0.25, 0.3) is 5.56 Å². The molecule has 0 aliphatic carbocycles. The number of amides is 1. The molecule has 2 aromatic heterocycles. The molecule has 6 nitrogen and oxygen atoms in total. The molecule has 0 aliphatic rings. The van der Waals surface area contributed by atoms with Crippen LogP contribution < -0.4 is 11.3 Å². The van der Waals surface area contributed by atoms with Crippen LogP contribution in [0.15, 0.2) is 16.2 Å². The molecule has 1 unspecified atom stereocenters. The minimum absolute atomic E-state index is 0.0411. The Morgan fingerprint density at radius 2 is 2.29 bits per heavy atom. The van der Waals surface area contributed by atoms with Crippen molar-refractivity contribution in [3.63, 3.8) is 0 Å². The van der Waals surface area contributed by atoms with Gasteiger partial charge in [-0.2, -0.15) is 0 Å². The Balaban J connectivity index is 2.23. The van der Waals surface area contributed by atoms with Gasteiger partial charge in [0.05, 0.1) is 17.5 Å². The van der Waals surface area contributed by atoms with Crippen molar-refractivity contribution in [2.75, 3.05) is 13.6 Å². The summed E-state index contributed by atoms with van der Waals surface area (Å²) in [5, 5.41) is 1.83. The lowest BCUT2D eigenvalue weighted by atomic mass is 9.86. The van der Waals surface area contributed by atoms with Gasteiger partial charge in [-0.1, -0.05) is 6.92 Å². The zero-order valence-electron chi connectivity index (χ0n) is 12.5. The molecule has 7 heteroatoms. The van der Waals surface area contributed by atoms with Crippen LogP contribution in [0.5, 0.6) is 0 Å². The minimum atomic E-state index is -0.582. The molecule has 0 bridgehead atoms. The quantitative estimate of drug-likeness (QED) is 0.871. The Morgan fingerprint density at radius 1 is 1.57 bits per heavy atom. The van der Waals surface area contributed by atoms with E-state index in [1.807, 2.05) is 19.2 Å². The Hall–Kier alpha value is -1.73. The van der Waals surface area contributed by atoms with Gasteiger partial charge in [0.2, 0.25) is 5.91 Å². The van der Waals surface area contributed by atoms with Crippen LogP contribution in [0.3, 0.4) is 0 Å². The Morgan fingerprint density at radius 3 is 2.90 bits per heavy atom. The van der Waals surface area contributed by atoms with E-state index in [9.17, 15) is 9.59 Å². The molecule has 0 aromatic carbocycles. The summed E-state index contributed by atoms with van der Waals surface area (Å²) in [6.45, 7) is 4.34. The zero-order valence-corrected chi connectivity index (χ0v) is 13.3. The van der Waals surface area contributed by atoms with E-state index < -0.39 is 5.41 Å². The topological polar surface area (TPSA) is 92.1 Å². The molecule has 0 spiro atoms. The number of carbonyl (C=O) groups is 1. The summed E-state index contributed by atoms with van der Waals surface area (Å²) >= 11 is 1.36. The molecule has 0 radical (unpaired) electrons. The second kappa shape index (κ2) is 5.95. The molecule has 1 amide bonds. The average molecular weight is 308 g/mol. The van der Waals surface area contributed by atoms with E-state index in [-0.39, 0.29) is 18.0 Å². The van der Waals surface area contributed by atoms with E-state index in [2.05, 4.69) is 9.97 Å². The lowest BCUT2D eigenvalue weighted by molar-refractivity contribution is -0.140. The standard InChI is InChI=1S/C14H20N4O2S/c1-4-14(2,8-15)13(20)18(3)7-10-16-9-5-6-21-11(9)12(19)17-10/h5-6H,4,7-8,15H2,1-3H3,(H,16,17,19). The molecule has 2 rings (SSSR count). The van der Waals surface area contributed by atoms with Crippen LogP contribution >= 0.6 is 11.3 Å². The molecule has 2 heterocycles. The predicted molar refractivity (Wildman–Crippen MR) is 84.2 cm³/mol. The van der Waals surface area contributed by atoms with Gasteiger partial charge in [0.1, 0.15) is 10.5 Å². The molecule has 0 saturated carbocycles. The van der Waals surface area contributed by atoms with Crippen molar-refractivity contribution in [2.45, 2.75) is 26.8 Å². The fourth-order valence-corrected chi connectivity index (χ4v) is 2.86. The lowest BCUT2D eigenvalue weighted by Gasteiger charge is -2.30. The molecule has 0 aliphatic heterocycles. The van der Waals surface area contributed by atoms with Crippen LogP contribution in [-0.4, -0.2) is 34.4 Å². The number of nitrogens with one attached hydrogen (secondary N) is 1. The first-order chi connectivity index (χ1) is 9.91. The van der Waals surface area contributed by atoms with E-state index in [0.29, 0.717) is 29.0 Å². The van der Waals surface area contributed by atoms with E-state index in [1.54, 1.807) is 18.0 Å². The number of rotatable bonds is 5. The summed E-state index contributed by atoms with van der Waals surface area (Å²) in [6.07, 6.45) is 0.667. The molecule has 0 saturated heterocycles. The largest absolute Gasteiger partial charge is 0.338 e. The monoisotopic (exact) mass is 308 g/mol. The SMILES string of the molecule is CCC(C)(CN)C(=O)N(C)Cc1nc2ccsc2c(=O)[nH]1. The summed E-state index contributed by atoms with van der Waals surface area (Å²) in [6, 6.07) is 1.80. The molecular formula is C14H20N4O2S. The van der Waals surface area contributed by atoms with Gasteiger partial charge in [0, 0.05) is 13.6 Å². The normalized spacial score (nSPS) is 14.1. The highest BCUT2D eigenvalue weighted by atomic mass is 32.1. The fourth-order valence-electron chi connectivity index (χ4n) is 2.14. The first kappa shape index (κ1) is 15.7. The van der Waals surface area contributed by atoms with E-state index in [4.69, 9.17) is 5.73 Å². The zero-order chi connectivity index (χ0) is 15.6. The predicted octanol–water partition coefficient (Wildman–Crippen LogP) is 1.32. The molecular weight excluding hydrogens is 288 g/mol. The molecule has 3 N–H and O–H groups in total. The third-order valence-corrected chi connectivity index (χ3v) is 4.75. The number of aromatic nitrogens is 2. The van der Waals surface area contributed by atoms with Crippen LogP contribution in [0.2, 0.25) is 0 Å². The number of nitrogens with two attached hydrogens (primary N) is 1. The Kier molecular flexibility index (Phi) is 4.43. The summed E-state index contributed by atoms with van der Waals surface area (Å²) in [5.74, 6) is 0.442. The summed E-state index contributed by atoms with van der Waals surface area (Å²) in [4.78, 5) is 33.0. The number of hydrogen-bond donors (Lipinski definition) is 2. The third-order valence-electron chi connectivity index (χ3n) is 3.84. The molecule has 114 valence electrons. The van der Waals surface area contributed by atoms with Gasteiger partial charge in [-0.3, -0.25) is 9.59 Å². The minimum Gasteiger partial charge on any atom is -0.338 e. The van der Waals surface area contributed by atoms with Gasteiger partial charge >= 0.3 is 0 Å². The van der Waals surface area contributed by atoms with E-state index in [1.165, 1.54) is 11.3 Å². The summed E-state index contributed by atoms with van der Waals surface area (Å²) < 4.78 is 0.605. The van der Waals surface area contributed by atoms with E-state index >= 15 is 0 Å². The first-order valence-corrected chi connectivity index (χ1v) is 7.71. The average Bonchev–Trinajstić information content (AvgIpc) is 2.94. The number of carbonyl (C=O) groups excluding carboxylic acids is 1. The Labute approximate surface area is 127 Å². The van der Waals surface area contributed by atoms with Crippen LogP contribution in [0.4, 0.5) is 0 Å². The second-order valence-electron chi connectivity index (χ2n) is 5.43. The van der Waals surface area contributed by atoms with Crippen molar-refractivity contribution in [3.05, 3.63) is 27.6 Å². The van der Waals surface area contributed by atoms with Crippen LogP contribution in [0.25, 0.3) is 10.2 Å². The van der Waals surface area contributed by atoms with Crippen molar-refractivity contribution in [1.29, 1.82) is 0 Å². The fraction of sp³-hybridized carbons (Fsp3) is 0.500. The third kappa shape index (κ3) is 2.98. The number of fused-ring (bicyclic) bond motifs is 1. The van der Waals surface area contributed by atoms with Crippen molar-refractivity contribution < 1.29 is 4.79 Å². The number of H-pyrrole nitrogens is 1. The maximum atomic E-state index is 12.5. The number of thiophene rings is 1. The van der Waals surface area contributed by atoms with Crippen molar-refractivity contribution >= 4 is 27.5 Å². The Bertz CT molecular complexity index is 702. The highest BCUT2D eigenvalue weighted by molar-refractivity contribution is 7.17. The number of hydrogen-bond acceptors (Lipinski definition) is 5. The smallest absolute Gasteiger partial charge is 0.268 e. The van der Waals surface area contributed by atoms with Crippen molar-refractivity contribution in [3.8, 4) is 0 Å². The molecule has 0 fully saturated rings. The number of nitrogens with zero attached hydrogens (tertiary/aromatic N) is 2. The van der Waals surface area contributed by atoms with Crippen molar-refractivity contribution in [1.82, 2.24) is 14.9 Å². The van der Waals surface area contributed by atoms with Gasteiger partial charge < -0.3 is 15.6 Å². The van der Waals surface area contributed by atoms with Crippen molar-refractivity contribution in [2.24, 2.45) is 11.1 Å². The molecule has 1 atom stereocenters. The van der Waals surface area contributed by atoms with Gasteiger partial charge in [-0.25, -0.2) is 4.98 Å². The van der Waals surface area contributed by atoms with Gasteiger partial charge in [0.15, 0.2) is 0 Å². The maximum Gasteiger partial charge on any atom is 0.268 e. The maximum absolute atomic E-state index is 12.5. The van der Waals surface area contributed by atoms with Gasteiger partial charge in [-0.15, -0.1) is 11.3 Å². The van der Waals surface area contributed by atoms with E-state index in [0.717, 1.165) is 0 Å². The van der Waals surface area contributed by atoms with Crippen LogP contribution in [0, 0.1) is 5.41 Å². The number of aromatic amines is 1. The lowest BCUT2D eigenvalue weighted by Crippen LogP contribution is -2.44.